The smallest absolute Gasteiger partial charge is 0.0406 e. The van der Waals surface area contributed by atoms with Gasteiger partial charge in [-0.15, -0.1) is 0 Å². The maximum absolute atomic E-state index is 6.00. The summed E-state index contributed by atoms with van der Waals surface area (Å²) in [5.41, 5.74) is 5.47. The first-order valence-corrected chi connectivity index (χ1v) is 8.00. The Morgan fingerprint density at radius 3 is 2.33 bits per heavy atom. The lowest BCUT2D eigenvalue weighted by atomic mass is 9.90. The van der Waals surface area contributed by atoms with Crippen molar-refractivity contribution in [2.24, 2.45) is 0 Å². The van der Waals surface area contributed by atoms with E-state index in [9.17, 15) is 0 Å². The normalized spacial score (nSPS) is 12.4. The predicted octanol–water partition coefficient (Wildman–Crippen LogP) is 4.89. The van der Waals surface area contributed by atoms with E-state index in [0.29, 0.717) is 5.92 Å². The average molecular weight is 302 g/mol. The number of rotatable bonds is 6. The van der Waals surface area contributed by atoms with Gasteiger partial charge in [0.25, 0.3) is 0 Å². The van der Waals surface area contributed by atoms with Crippen LogP contribution in [0.4, 0.5) is 0 Å². The summed E-state index contributed by atoms with van der Waals surface area (Å²) in [5.74, 6) is 0.476. The van der Waals surface area contributed by atoms with Crippen molar-refractivity contribution in [2.75, 3.05) is 13.1 Å². The van der Waals surface area contributed by atoms with Gasteiger partial charge in [-0.25, -0.2) is 0 Å². The molecule has 2 aromatic carbocycles. The molecule has 0 radical (unpaired) electrons. The second-order valence-electron chi connectivity index (χ2n) is 5.68. The van der Waals surface area contributed by atoms with Crippen molar-refractivity contribution < 1.29 is 0 Å². The van der Waals surface area contributed by atoms with Gasteiger partial charge in [0.15, 0.2) is 0 Å². The van der Waals surface area contributed by atoms with Crippen molar-refractivity contribution in [3.63, 3.8) is 0 Å². The lowest BCUT2D eigenvalue weighted by Crippen LogP contribution is -2.22. The Morgan fingerprint density at radius 1 is 1.00 bits per heavy atom. The van der Waals surface area contributed by atoms with Crippen molar-refractivity contribution in [3.05, 3.63) is 69.7 Å². The van der Waals surface area contributed by atoms with Crippen molar-refractivity contribution in [3.8, 4) is 0 Å². The molecule has 0 heterocycles. The van der Waals surface area contributed by atoms with Crippen LogP contribution in [0.2, 0.25) is 5.02 Å². The van der Waals surface area contributed by atoms with Gasteiger partial charge in [0.05, 0.1) is 0 Å². The number of hydrogen-bond donors (Lipinski definition) is 1. The van der Waals surface area contributed by atoms with Crippen LogP contribution in [-0.4, -0.2) is 13.1 Å². The quantitative estimate of drug-likeness (QED) is 0.801. The Hall–Kier alpha value is -1.31. The average Bonchev–Trinajstić information content (AvgIpc) is 2.48. The Labute approximate surface area is 133 Å². The molecule has 1 atom stereocenters. The monoisotopic (exact) mass is 301 g/mol. The molecule has 2 aromatic rings. The highest BCUT2D eigenvalue weighted by Gasteiger charge is 2.12. The van der Waals surface area contributed by atoms with Crippen molar-refractivity contribution in [1.82, 2.24) is 5.32 Å². The van der Waals surface area contributed by atoms with E-state index in [1.165, 1.54) is 22.3 Å². The molecule has 0 aromatic heterocycles. The molecule has 0 aliphatic heterocycles. The van der Waals surface area contributed by atoms with E-state index in [2.05, 4.69) is 56.4 Å². The van der Waals surface area contributed by atoms with Crippen LogP contribution in [0.15, 0.2) is 42.5 Å². The second kappa shape index (κ2) is 7.63. The van der Waals surface area contributed by atoms with Crippen molar-refractivity contribution in [1.29, 1.82) is 0 Å². The van der Waals surface area contributed by atoms with Crippen LogP contribution in [0, 0.1) is 13.8 Å². The zero-order chi connectivity index (χ0) is 15.2. The Balaban J connectivity index is 2.19. The van der Waals surface area contributed by atoms with Crippen LogP contribution >= 0.6 is 11.6 Å². The second-order valence-corrected chi connectivity index (χ2v) is 6.12. The first-order valence-electron chi connectivity index (χ1n) is 7.62. The van der Waals surface area contributed by atoms with Crippen LogP contribution in [-0.2, 0) is 6.42 Å². The van der Waals surface area contributed by atoms with Gasteiger partial charge in [-0.2, -0.15) is 0 Å². The van der Waals surface area contributed by atoms with E-state index in [4.69, 9.17) is 11.6 Å². The first-order chi connectivity index (χ1) is 10.1. The lowest BCUT2D eigenvalue weighted by Gasteiger charge is -2.19. The maximum atomic E-state index is 6.00. The van der Waals surface area contributed by atoms with E-state index in [1.807, 2.05) is 12.1 Å². The van der Waals surface area contributed by atoms with E-state index < -0.39 is 0 Å². The molecule has 0 spiro atoms. The van der Waals surface area contributed by atoms with Gasteiger partial charge in [-0.3, -0.25) is 0 Å². The summed E-state index contributed by atoms with van der Waals surface area (Å²) in [6, 6.07) is 15.0. The number of hydrogen-bond acceptors (Lipinski definition) is 1. The minimum atomic E-state index is 0.476. The zero-order valence-electron chi connectivity index (χ0n) is 13.1. The van der Waals surface area contributed by atoms with Gasteiger partial charge in [0, 0.05) is 17.5 Å². The van der Waals surface area contributed by atoms with Gasteiger partial charge in [0.2, 0.25) is 0 Å². The summed E-state index contributed by atoms with van der Waals surface area (Å²) in [5, 5.41) is 4.27. The number of nitrogens with one attached hydrogen (secondary N) is 1. The lowest BCUT2D eigenvalue weighted by molar-refractivity contribution is 0.595. The van der Waals surface area contributed by atoms with Gasteiger partial charge in [-0.1, -0.05) is 48.9 Å². The van der Waals surface area contributed by atoms with E-state index in [0.717, 1.165) is 24.5 Å². The van der Waals surface area contributed by atoms with Crippen LogP contribution in [0.25, 0.3) is 0 Å². The first kappa shape index (κ1) is 16.1. The summed E-state index contributed by atoms with van der Waals surface area (Å²) in [7, 11) is 0. The van der Waals surface area contributed by atoms with Gasteiger partial charge in [-0.05, 0) is 61.2 Å². The van der Waals surface area contributed by atoms with Gasteiger partial charge < -0.3 is 5.32 Å². The third-order valence-electron chi connectivity index (χ3n) is 4.04. The largest absolute Gasteiger partial charge is 0.316 e. The van der Waals surface area contributed by atoms with Crippen LogP contribution in [0.3, 0.4) is 0 Å². The summed E-state index contributed by atoms with van der Waals surface area (Å²) in [6.45, 7) is 8.48. The topological polar surface area (TPSA) is 12.0 Å². The molecule has 1 nitrogen and oxygen atoms in total. The Bertz CT molecular complexity index is 575. The van der Waals surface area contributed by atoms with Gasteiger partial charge >= 0.3 is 0 Å². The molecule has 1 N–H and O–H groups in total. The minimum Gasteiger partial charge on any atom is -0.316 e. The summed E-state index contributed by atoms with van der Waals surface area (Å²) < 4.78 is 0. The summed E-state index contributed by atoms with van der Waals surface area (Å²) in [4.78, 5) is 0. The molecule has 1 unspecified atom stereocenters. The standard InChI is InChI=1S/C19H24ClN/c1-4-21-13-18(17-7-9-19(20)10-8-17)12-16-6-5-14(2)15(3)11-16/h5-11,18,21H,4,12-13H2,1-3H3. The molecule has 0 fully saturated rings. The maximum Gasteiger partial charge on any atom is 0.0406 e. The van der Waals surface area contributed by atoms with Crippen LogP contribution in [0.5, 0.6) is 0 Å². The van der Waals surface area contributed by atoms with Crippen LogP contribution < -0.4 is 5.32 Å². The molecule has 0 saturated carbocycles. The fourth-order valence-corrected chi connectivity index (χ4v) is 2.70. The highest BCUT2D eigenvalue weighted by molar-refractivity contribution is 6.30. The molecule has 0 saturated heterocycles. The van der Waals surface area contributed by atoms with Crippen molar-refractivity contribution in [2.45, 2.75) is 33.1 Å². The molecule has 0 bridgehead atoms. The van der Waals surface area contributed by atoms with Crippen LogP contribution in [0.1, 0.15) is 35.1 Å². The van der Waals surface area contributed by atoms with E-state index in [1.54, 1.807) is 0 Å². The molecule has 0 amide bonds. The number of halogens is 1. The Morgan fingerprint density at radius 2 is 1.71 bits per heavy atom. The fourth-order valence-electron chi connectivity index (χ4n) is 2.58. The molecule has 112 valence electrons. The summed E-state index contributed by atoms with van der Waals surface area (Å²) in [6.07, 6.45) is 1.05. The third-order valence-corrected chi connectivity index (χ3v) is 4.29. The Kier molecular flexibility index (Phi) is 5.84. The number of aryl methyl sites for hydroxylation is 2. The molecule has 21 heavy (non-hydrogen) atoms. The van der Waals surface area contributed by atoms with Gasteiger partial charge in [0.1, 0.15) is 0 Å². The third kappa shape index (κ3) is 4.59. The highest BCUT2D eigenvalue weighted by atomic mass is 35.5. The molecule has 0 aliphatic carbocycles. The molecular formula is C19H24ClN. The minimum absolute atomic E-state index is 0.476. The van der Waals surface area contributed by atoms with Crippen molar-refractivity contribution >= 4 is 11.6 Å². The number of likely N-dealkylation sites (N-methyl/N-ethyl adjacent to an activating group) is 1. The molecule has 0 aliphatic rings. The SMILES string of the molecule is CCNCC(Cc1ccc(C)c(C)c1)c1ccc(Cl)cc1. The predicted molar refractivity (Wildman–Crippen MR) is 92.4 cm³/mol. The zero-order valence-corrected chi connectivity index (χ0v) is 13.9. The van der Waals surface area contributed by atoms with E-state index >= 15 is 0 Å². The van der Waals surface area contributed by atoms with E-state index in [-0.39, 0.29) is 0 Å². The fraction of sp³-hybridized carbons (Fsp3) is 0.368. The molecular weight excluding hydrogens is 278 g/mol. The highest BCUT2D eigenvalue weighted by Crippen LogP contribution is 2.23. The molecule has 2 rings (SSSR count). The summed E-state index contributed by atoms with van der Waals surface area (Å²) >= 11 is 6.00. The molecule has 2 heteroatoms. The number of benzene rings is 2.